The summed E-state index contributed by atoms with van der Waals surface area (Å²) in [7, 11) is 0. The highest BCUT2D eigenvalue weighted by Crippen LogP contribution is 2.35. The average Bonchev–Trinajstić information content (AvgIpc) is 2.37. The molecule has 0 saturated carbocycles. The van der Waals surface area contributed by atoms with Gasteiger partial charge in [-0.25, -0.2) is 0 Å². The van der Waals surface area contributed by atoms with Crippen LogP contribution in [0.4, 0.5) is 0 Å². The average molecular weight is 304 g/mol. The maximum absolute atomic E-state index is 12.0. The molecule has 0 aliphatic carbocycles. The maximum Gasteiger partial charge on any atom is 0.171 e. The Hall–Kier alpha value is -1.88. The van der Waals surface area contributed by atoms with Crippen LogP contribution in [0.2, 0.25) is 0 Å². The lowest BCUT2D eigenvalue weighted by Crippen LogP contribution is -2.50. The second-order valence-corrected chi connectivity index (χ2v) is 5.80. The minimum Gasteiger partial charge on any atom is -0.491 e. The monoisotopic (exact) mass is 304 g/mol. The first-order valence-corrected chi connectivity index (χ1v) is 7.33. The molecule has 2 unspecified atom stereocenters. The van der Waals surface area contributed by atoms with Crippen LogP contribution < -0.4 is 15.4 Å². The molecule has 1 aliphatic rings. The van der Waals surface area contributed by atoms with Crippen molar-refractivity contribution in [3.63, 3.8) is 0 Å². The van der Waals surface area contributed by atoms with Crippen LogP contribution in [0.1, 0.15) is 32.4 Å². The van der Waals surface area contributed by atoms with Crippen molar-refractivity contribution in [1.29, 1.82) is 0 Å². The van der Waals surface area contributed by atoms with E-state index in [1.807, 2.05) is 38.1 Å². The van der Waals surface area contributed by atoms with E-state index in [0.29, 0.717) is 10.8 Å². The summed E-state index contributed by atoms with van der Waals surface area (Å²) in [5, 5.41) is 6.58. The number of nitrogens with one attached hydrogen (secondary N) is 2. The van der Waals surface area contributed by atoms with Crippen LogP contribution in [0, 0.1) is 5.92 Å². The second-order valence-electron chi connectivity index (χ2n) is 5.39. The number of carbonyl (C=O) groups is 1. The van der Waals surface area contributed by atoms with Gasteiger partial charge in [0, 0.05) is 11.3 Å². The fourth-order valence-electron chi connectivity index (χ4n) is 2.52. The second kappa shape index (κ2) is 6.26. The van der Waals surface area contributed by atoms with Gasteiger partial charge in [0.25, 0.3) is 0 Å². The molecule has 0 spiro atoms. The highest BCUT2D eigenvalue weighted by Gasteiger charge is 2.35. The van der Waals surface area contributed by atoms with Crippen molar-refractivity contribution in [3.05, 3.63) is 42.1 Å². The molecule has 5 heteroatoms. The van der Waals surface area contributed by atoms with Crippen LogP contribution in [0.5, 0.6) is 5.75 Å². The number of ether oxygens (including phenoxy) is 1. The Morgan fingerprint density at radius 1 is 1.38 bits per heavy atom. The summed E-state index contributed by atoms with van der Waals surface area (Å²) in [5.74, 6) is 0.411. The zero-order valence-corrected chi connectivity index (χ0v) is 13.3. The first-order valence-electron chi connectivity index (χ1n) is 6.92. The van der Waals surface area contributed by atoms with Crippen LogP contribution in [-0.2, 0) is 4.79 Å². The molecule has 1 aromatic carbocycles. The van der Waals surface area contributed by atoms with E-state index in [1.54, 1.807) is 6.92 Å². The number of para-hydroxylation sites is 1. The Balaban J connectivity index is 2.44. The number of hydrogen-bond donors (Lipinski definition) is 2. The molecule has 1 fully saturated rings. The summed E-state index contributed by atoms with van der Waals surface area (Å²) in [5.41, 5.74) is 1.53. The van der Waals surface area contributed by atoms with Gasteiger partial charge in [0.2, 0.25) is 0 Å². The predicted molar refractivity (Wildman–Crippen MR) is 87.1 cm³/mol. The van der Waals surface area contributed by atoms with E-state index in [2.05, 4.69) is 17.2 Å². The number of ketones is 1. The molecule has 0 bridgehead atoms. The van der Waals surface area contributed by atoms with E-state index in [-0.39, 0.29) is 23.8 Å². The first-order chi connectivity index (χ1) is 9.90. The SMILES string of the molecule is C=C1NC(=S)NC(c2ccccc2OC(C)C)C1C(C)=O. The van der Waals surface area contributed by atoms with Crippen molar-refractivity contribution in [2.24, 2.45) is 5.92 Å². The van der Waals surface area contributed by atoms with Crippen molar-refractivity contribution in [1.82, 2.24) is 10.6 Å². The third-order valence-electron chi connectivity index (χ3n) is 3.32. The van der Waals surface area contributed by atoms with Crippen molar-refractivity contribution in [2.75, 3.05) is 0 Å². The van der Waals surface area contributed by atoms with Crippen LogP contribution in [0.3, 0.4) is 0 Å². The van der Waals surface area contributed by atoms with E-state index < -0.39 is 0 Å². The number of Topliss-reactive ketones (excluding diaryl/α,β-unsaturated/α-hetero) is 1. The van der Waals surface area contributed by atoms with Crippen molar-refractivity contribution >= 4 is 23.1 Å². The van der Waals surface area contributed by atoms with E-state index in [0.717, 1.165) is 11.3 Å². The van der Waals surface area contributed by atoms with Gasteiger partial charge in [0.15, 0.2) is 5.11 Å². The maximum atomic E-state index is 12.0. The fourth-order valence-corrected chi connectivity index (χ4v) is 2.78. The number of carbonyl (C=O) groups excluding carboxylic acids is 1. The summed E-state index contributed by atoms with van der Waals surface area (Å²) in [6.45, 7) is 9.44. The molecule has 2 N–H and O–H groups in total. The molecular formula is C16H20N2O2S. The van der Waals surface area contributed by atoms with Crippen molar-refractivity contribution in [2.45, 2.75) is 32.9 Å². The van der Waals surface area contributed by atoms with Gasteiger partial charge < -0.3 is 15.4 Å². The minimum atomic E-state index is -0.381. The van der Waals surface area contributed by atoms with Crippen LogP contribution in [0.15, 0.2) is 36.5 Å². The third-order valence-corrected chi connectivity index (χ3v) is 3.54. The summed E-state index contributed by atoms with van der Waals surface area (Å²) < 4.78 is 5.85. The number of rotatable bonds is 4. The molecule has 2 rings (SSSR count). The molecule has 1 aromatic rings. The highest BCUT2D eigenvalue weighted by molar-refractivity contribution is 7.80. The number of benzene rings is 1. The molecule has 0 aromatic heterocycles. The number of thiocarbonyl (C=S) groups is 1. The van der Waals surface area contributed by atoms with Gasteiger partial charge in [0.1, 0.15) is 11.5 Å². The van der Waals surface area contributed by atoms with Gasteiger partial charge in [0.05, 0.1) is 18.1 Å². The molecule has 1 heterocycles. The standard InChI is InChI=1S/C16H20N2O2S/c1-9(2)20-13-8-6-5-7-12(13)15-14(11(4)19)10(3)17-16(21)18-15/h5-9,14-15H,3H2,1-2,4H3,(H2,17,18,21). The van der Waals surface area contributed by atoms with Crippen LogP contribution >= 0.6 is 12.2 Å². The van der Waals surface area contributed by atoms with E-state index in [4.69, 9.17) is 17.0 Å². The molecule has 4 nitrogen and oxygen atoms in total. The summed E-state index contributed by atoms with van der Waals surface area (Å²) in [6, 6.07) is 7.43. The minimum absolute atomic E-state index is 0.0341. The molecule has 0 amide bonds. The van der Waals surface area contributed by atoms with Gasteiger partial charge >= 0.3 is 0 Å². The molecule has 1 aliphatic heterocycles. The normalized spacial score (nSPS) is 21.7. The Morgan fingerprint density at radius 2 is 2.05 bits per heavy atom. The molecular weight excluding hydrogens is 284 g/mol. The van der Waals surface area contributed by atoms with Crippen LogP contribution in [-0.4, -0.2) is 17.0 Å². The zero-order chi connectivity index (χ0) is 15.6. The topological polar surface area (TPSA) is 50.4 Å². The fraction of sp³-hybridized carbons (Fsp3) is 0.375. The van der Waals surface area contributed by atoms with Gasteiger partial charge in [-0.05, 0) is 39.1 Å². The van der Waals surface area contributed by atoms with E-state index >= 15 is 0 Å². The first kappa shape index (κ1) is 15.5. The Labute approximate surface area is 130 Å². The Kier molecular flexibility index (Phi) is 4.63. The molecule has 112 valence electrons. The Bertz CT molecular complexity index is 583. The lowest BCUT2D eigenvalue weighted by atomic mass is 9.86. The van der Waals surface area contributed by atoms with Crippen molar-refractivity contribution < 1.29 is 9.53 Å². The predicted octanol–water partition coefficient (Wildman–Crippen LogP) is 2.71. The summed E-state index contributed by atoms with van der Waals surface area (Å²) in [6.07, 6.45) is 0.0544. The third kappa shape index (κ3) is 3.42. The summed E-state index contributed by atoms with van der Waals surface area (Å²) in [4.78, 5) is 12.0. The largest absolute Gasteiger partial charge is 0.491 e. The van der Waals surface area contributed by atoms with Crippen molar-refractivity contribution in [3.8, 4) is 5.75 Å². The van der Waals surface area contributed by atoms with Crippen LogP contribution in [0.25, 0.3) is 0 Å². The Morgan fingerprint density at radius 3 is 2.67 bits per heavy atom. The number of hydrogen-bond acceptors (Lipinski definition) is 3. The lowest BCUT2D eigenvalue weighted by molar-refractivity contribution is -0.120. The van der Waals surface area contributed by atoms with Gasteiger partial charge in [-0.2, -0.15) is 0 Å². The van der Waals surface area contributed by atoms with Gasteiger partial charge in [-0.15, -0.1) is 0 Å². The van der Waals surface area contributed by atoms with E-state index in [1.165, 1.54) is 0 Å². The zero-order valence-electron chi connectivity index (χ0n) is 12.5. The molecule has 0 radical (unpaired) electrons. The quantitative estimate of drug-likeness (QED) is 0.838. The van der Waals surface area contributed by atoms with E-state index in [9.17, 15) is 4.79 Å². The molecule has 1 saturated heterocycles. The molecule has 2 atom stereocenters. The van der Waals surface area contributed by atoms with Gasteiger partial charge in [-0.1, -0.05) is 24.8 Å². The van der Waals surface area contributed by atoms with Gasteiger partial charge in [-0.3, -0.25) is 4.79 Å². The molecule has 21 heavy (non-hydrogen) atoms. The smallest absolute Gasteiger partial charge is 0.171 e. The highest BCUT2D eigenvalue weighted by atomic mass is 32.1. The lowest BCUT2D eigenvalue weighted by Gasteiger charge is -2.35. The summed E-state index contributed by atoms with van der Waals surface area (Å²) >= 11 is 5.20.